The number of ether oxygens (including phenoxy) is 1. The Bertz CT molecular complexity index is 966. The number of benzene rings is 3. The second-order valence-corrected chi connectivity index (χ2v) is 5.99. The standard InChI is InChI=1S/C21H20N2O3/c1-14(17-8-5-9-19(24)12-17)22-23-21(25)15(2)26-20-11-10-16-6-3-4-7-18(16)13-20/h3-13,15,24H,1-2H3,(H,23,25)/b22-14-. The van der Waals surface area contributed by atoms with Crippen LogP contribution < -0.4 is 10.2 Å². The molecule has 0 aromatic heterocycles. The lowest BCUT2D eigenvalue weighted by molar-refractivity contribution is -0.127. The molecule has 0 aliphatic heterocycles. The highest BCUT2D eigenvalue weighted by Crippen LogP contribution is 2.21. The summed E-state index contributed by atoms with van der Waals surface area (Å²) in [6, 6.07) is 20.3. The maximum atomic E-state index is 12.2. The van der Waals surface area contributed by atoms with Crippen molar-refractivity contribution in [3.63, 3.8) is 0 Å². The van der Waals surface area contributed by atoms with Gasteiger partial charge in [-0.15, -0.1) is 0 Å². The van der Waals surface area contributed by atoms with Gasteiger partial charge in [0.1, 0.15) is 11.5 Å². The van der Waals surface area contributed by atoms with Gasteiger partial charge in [-0.3, -0.25) is 4.79 Å². The molecule has 0 bridgehead atoms. The van der Waals surface area contributed by atoms with Crippen molar-refractivity contribution in [1.82, 2.24) is 5.43 Å². The zero-order valence-electron chi connectivity index (χ0n) is 14.6. The number of hydrogen-bond donors (Lipinski definition) is 2. The zero-order chi connectivity index (χ0) is 18.5. The molecule has 0 heterocycles. The second-order valence-electron chi connectivity index (χ2n) is 5.99. The summed E-state index contributed by atoms with van der Waals surface area (Å²) in [5.74, 6) is 0.425. The monoisotopic (exact) mass is 348 g/mol. The van der Waals surface area contributed by atoms with Crippen LogP contribution in [0.2, 0.25) is 0 Å². The number of phenolic OH excluding ortho intramolecular Hbond substituents is 1. The fourth-order valence-corrected chi connectivity index (χ4v) is 2.52. The molecule has 0 aliphatic rings. The third kappa shape index (κ3) is 4.19. The van der Waals surface area contributed by atoms with Crippen molar-refractivity contribution >= 4 is 22.4 Å². The minimum Gasteiger partial charge on any atom is -0.508 e. The summed E-state index contributed by atoms with van der Waals surface area (Å²) in [5, 5.41) is 15.7. The van der Waals surface area contributed by atoms with Crippen LogP contribution in [0.3, 0.4) is 0 Å². The van der Waals surface area contributed by atoms with Crippen LogP contribution in [0.25, 0.3) is 10.8 Å². The Morgan fingerprint density at radius 2 is 1.81 bits per heavy atom. The Morgan fingerprint density at radius 1 is 1.04 bits per heavy atom. The van der Waals surface area contributed by atoms with Gasteiger partial charge < -0.3 is 9.84 Å². The van der Waals surface area contributed by atoms with Gasteiger partial charge in [-0.2, -0.15) is 5.10 Å². The van der Waals surface area contributed by atoms with E-state index in [4.69, 9.17) is 4.74 Å². The maximum absolute atomic E-state index is 12.2. The molecule has 132 valence electrons. The van der Waals surface area contributed by atoms with E-state index in [0.29, 0.717) is 11.5 Å². The molecule has 5 heteroatoms. The topological polar surface area (TPSA) is 70.9 Å². The molecular formula is C21H20N2O3. The molecule has 0 aliphatic carbocycles. The Kier molecular flexibility index (Phi) is 5.17. The number of hydrogen-bond acceptors (Lipinski definition) is 4. The highest BCUT2D eigenvalue weighted by molar-refractivity contribution is 5.99. The number of nitrogens with one attached hydrogen (secondary N) is 1. The van der Waals surface area contributed by atoms with Gasteiger partial charge in [0.25, 0.3) is 5.91 Å². The third-order valence-electron chi connectivity index (χ3n) is 4.00. The number of nitrogens with zero attached hydrogens (tertiary/aromatic N) is 1. The lowest BCUT2D eigenvalue weighted by Gasteiger charge is -2.14. The van der Waals surface area contributed by atoms with E-state index in [1.54, 1.807) is 38.1 Å². The van der Waals surface area contributed by atoms with E-state index in [0.717, 1.165) is 16.3 Å². The van der Waals surface area contributed by atoms with Gasteiger partial charge in [-0.05, 0) is 48.9 Å². The smallest absolute Gasteiger partial charge is 0.280 e. The molecule has 1 unspecified atom stereocenters. The summed E-state index contributed by atoms with van der Waals surface area (Å²) in [6.07, 6.45) is -0.697. The van der Waals surface area contributed by atoms with E-state index in [1.165, 1.54) is 0 Å². The number of hydrazone groups is 1. The van der Waals surface area contributed by atoms with Crippen molar-refractivity contribution in [2.45, 2.75) is 20.0 Å². The van der Waals surface area contributed by atoms with E-state index in [2.05, 4.69) is 10.5 Å². The number of aromatic hydroxyl groups is 1. The van der Waals surface area contributed by atoms with Crippen molar-refractivity contribution in [3.8, 4) is 11.5 Å². The van der Waals surface area contributed by atoms with Gasteiger partial charge in [0.15, 0.2) is 6.10 Å². The molecule has 0 saturated heterocycles. The molecule has 3 aromatic carbocycles. The number of phenols is 1. The summed E-state index contributed by atoms with van der Waals surface area (Å²) in [7, 11) is 0. The average molecular weight is 348 g/mol. The van der Waals surface area contributed by atoms with Crippen LogP contribution in [0.5, 0.6) is 11.5 Å². The first-order valence-corrected chi connectivity index (χ1v) is 8.32. The summed E-state index contributed by atoms with van der Waals surface area (Å²) >= 11 is 0. The molecule has 0 spiro atoms. The van der Waals surface area contributed by atoms with Gasteiger partial charge in [-0.1, -0.05) is 42.5 Å². The SMILES string of the molecule is C/C(=N/NC(=O)C(C)Oc1ccc2ccccc2c1)c1cccc(O)c1. The summed E-state index contributed by atoms with van der Waals surface area (Å²) in [4.78, 5) is 12.2. The summed E-state index contributed by atoms with van der Waals surface area (Å²) < 4.78 is 5.72. The van der Waals surface area contributed by atoms with E-state index in [9.17, 15) is 9.90 Å². The van der Waals surface area contributed by atoms with Gasteiger partial charge in [0, 0.05) is 5.56 Å². The molecule has 3 rings (SSSR count). The van der Waals surface area contributed by atoms with E-state index >= 15 is 0 Å². The second kappa shape index (κ2) is 7.70. The van der Waals surface area contributed by atoms with Crippen molar-refractivity contribution in [3.05, 3.63) is 72.3 Å². The Morgan fingerprint density at radius 3 is 2.58 bits per heavy atom. The molecule has 0 saturated carbocycles. The number of carbonyl (C=O) groups is 1. The summed E-state index contributed by atoms with van der Waals surface area (Å²) in [6.45, 7) is 3.42. The highest BCUT2D eigenvalue weighted by atomic mass is 16.5. The average Bonchev–Trinajstić information content (AvgIpc) is 2.65. The van der Waals surface area contributed by atoms with Crippen LogP contribution in [0, 0.1) is 0 Å². The quantitative estimate of drug-likeness (QED) is 0.543. The molecule has 1 atom stereocenters. The van der Waals surface area contributed by atoms with Crippen LogP contribution in [0.4, 0.5) is 0 Å². The predicted molar refractivity (Wildman–Crippen MR) is 102 cm³/mol. The van der Waals surface area contributed by atoms with Gasteiger partial charge in [0.2, 0.25) is 0 Å². The molecule has 0 radical (unpaired) electrons. The highest BCUT2D eigenvalue weighted by Gasteiger charge is 2.14. The normalized spacial score (nSPS) is 12.6. The van der Waals surface area contributed by atoms with Crippen molar-refractivity contribution in [1.29, 1.82) is 0 Å². The number of amides is 1. The lowest BCUT2D eigenvalue weighted by atomic mass is 10.1. The molecule has 3 aromatic rings. The first-order valence-electron chi connectivity index (χ1n) is 8.32. The molecule has 0 fully saturated rings. The van der Waals surface area contributed by atoms with E-state index in [-0.39, 0.29) is 11.7 Å². The molecule has 5 nitrogen and oxygen atoms in total. The Labute approximate surface area is 151 Å². The van der Waals surface area contributed by atoms with Crippen LogP contribution >= 0.6 is 0 Å². The number of carbonyl (C=O) groups excluding carboxylic acids is 1. The first-order chi connectivity index (χ1) is 12.5. The minimum atomic E-state index is -0.697. The Balaban J connectivity index is 1.64. The largest absolute Gasteiger partial charge is 0.508 e. The van der Waals surface area contributed by atoms with Crippen molar-refractivity contribution in [2.75, 3.05) is 0 Å². The third-order valence-corrected chi connectivity index (χ3v) is 4.00. The van der Waals surface area contributed by atoms with E-state index < -0.39 is 6.10 Å². The first kappa shape index (κ1) is 17.5. The lowest BCUT2D eigenvalue weighted by Crippen LogP contribution is -2.33. The number of fused-ring (bicyclic) bond motifs is 1. The van der Waals surface area contributed by atoms with E-state index in [1.807, 2.05) is 42.5 Å². The fraction of sp³-hybridized carbons (Fsp3) is 0.143. The van der Waals surface area contributed by atoms with Crippen LogP contribution in [0.1, 0.15) is 19.4 Å². The maximum Gasteiger partial charge on any atom is 0.280 e. The van der Waals surface area contributed by atoms with Gasteiger partial charge in [-0.25, -0.2) is 5.43 Å². The van der Waals surface area contributed by atoms with Crippen molar-refractivity contribution in [2.24, 2.45) is 5.10 Å². The molecule has 26 heavy (non-hydrogen) atoms. The van der Waals surface area contributed by atoms with Gasteiger partial charge in [0.05, 0.1) is 5.71 Å². The van der Waals surface area contributed by atoms with Crippen LogP contribution in [-0.4, -0.2) is 22.8 Å². The van der Waals surface area contributed by atoms with Crippen molar-refractivity contribution < 1.29 is 14.6 Å². The Hall–Kier alpha value is -3.34. The van der Waals surface area contributed by atoms with Crippen LogP contribution in [-0.2, 0) is 4.79 Å². The van der Waals surface area contributed by atoms with Crippen LogP contribution in [0.15, 0.2) is 71.8 Å². The molecule has 2 N–H and O–H groups in total. The molecule has 1 amide bonds. The predicted octanol–water partition coefficient (Wildman–Crippen LogP) is 3.85. The molecular weight excluding hydrogens is 328 g/mol. The van der Waals surface area contributed by atoms with Gasteiger partial charge >= 0.3 is 0 Å². The number of rotatable bonds is 5. The minimum absolute atomic E-state index is 0.149. The zero-order valence-corrected chi connectivity index (χ0v) is 14.6. The fourth-order valence-electron chi connectivity index (χ4n) is 2.52. The summed E-state index contributed by atoms with van der Waals surface area (Å²) in [5.41, 5.74) is 3.82.